The fourth-order valence-electron chi connectivity index (χ4n) is 1.98. The summed E-state index contributed by atoms with van der Waals surface area (Å²) >= 11 is 0. The van der Waals surface area contributed by atoms with Gasteiger partial charge in [-0.2, -0.15) is 0 Å². The number of carbonyl (C=O) groups is 1. The van der Waals surface area contributed by atoms with Gasteiger partial charge in [-0.25, -0.2) is 4.79 Å². The number of hydrogen-bond donors (Lipinski definition) is 2. The number of amides is 2. The molecular formula is C15H34N2O3. The van der Waals surface area contributed by atoms with Crippen LogP contribution in [0.25, 0.3) is 0 Å². The molecule has 0 saturated heterocycles. The second kappa shape index (κ2) is 13.2. The molecule has 0 fully saturated rings. The van der Waals surface area contributed by atoms with Crippen molar-refractivity contribution >= 4 is 6.03 Å². The number of carbonyl (C=O) groups excluding carboxylic acids is 1. The van der Waals surface area contributed by atoms with Gasteiger partial charge in [-0.15, -0.1) is 0 Å². The number of nitrogens with two attached hydrogens (primary N) is 2. The fourth-order valence-corrected chi connectivity index (χ4v) is 1.98. The lowest BCUT2D eigenvalue weighted by atomic mass is 9.94. The molecule has 0 rings (SSSR count). The van der Waals surface area contributed by atoms with E-state index < -0.39 is 11.8 Å². The molecule has 0 aliphatic rings. The number of rotatable bonds is 10. The van der Waals surface area contributed by atoms with Gasteiger partial charge in [0.25, 0.3) is 0 Å². The highest BCUT2D eigenvalue weighted by Gasteiger charge is 2.29. The minimum absolute atomic E-state index is 0.413. The van der Waals surface area contributed by atoms with E-state index in [2.05, 4.69) is 25.3 Å². The minimum atomic E-state index is -0.833. The molecule has 1 atom stereocenters. The lowest BCUT2D eigenvalue weighted by molar-refractivity contribution is -0.224. The highest BCUT2D eigenvalue weighted by atomic mass is 16.7. The number of hydrogen-bond acceptors (Lipinski definition) is 3. The molecule has 0 aromatic carbocycles. The molecule has 0 saturated carbocycles. The van der Waals surface area contributed by atoms with Crippen molar-refractivity contribution in [3.05, 3.63) is 0 Å². The van der Waals surface area contributed by atoms with Gasteiger partial charge in [0.1, 0.15) is 0 Å². The van der Waals surface area contributed by atoms with Crippen LogP contribution in [-0.2, 0) is 9.47 Å². The lowest BCUT2D eigenvalue weighted by Gasteiger charge is -2.32. The maximum Gasteiger partial charge on any atom is 0.309 e. The Labute approximate surface area is 124 Å². The Morgan fingerprint density at radius 2 is 1.45 bits per heavy atom. The molecule has 4 N–H and O–H groups in total. The molecule has 2 amide bonds. The molecule has 5 nitrogen and oxygen atoms in total. The van der Waals surface area contributed by atoms with Crippen LogP contribution in [0.5, 0.6) is 0 Å². The highest BCUT2D eigenvalue weighted by Crippen LogP contribution is 2.26. The highest BCUT2D eigenvalue weighted by molar-refractivity contribution is 5.69. The third-order valence-corrected chi connectivity index (χ3v) is 3.70. The first-order chi connectivity index (χ1) is 9.33. The summed E-state index contributed by atoms with van der Waals surface area (Å²) in [7, 11) is 3.45. The molecule has 1 unspecified atom stereocenters. The number of unbranched alkanes of at least 4 members (excludes halogenated alkanes) is 5. The molecule has 5 heteroatoms. The Kier molecular flexibility index (Phi) is 14.2. The zero-order chi connectivity index (χ0) is 16.0. The van der Waals surface area contributed by atoms with Crippen LogP contribution < -0.4 is 11.5 Å². The SMILES string of the molecule is CCCCCCCCC(C)C(C)(OC)OC.NC(N)=O. The lowest BCUT2D eigenvalue weighted by Crippen LogP contribution is -2.37. The van der Waals surface area contributed by atoms with E-state index >= 15 is 0 Å². The summed E-state index contributed by atoms with van der Waals surface area (Å²) in [4.78, 5) is 9.00. The topological polar surface area (TPSA) is 87.6 Å². The van der Waals surface area contributed by atoms with E-state index in [0.717, 1.165) is 0 Å². The monoisotopic (exact) mass is 290 g/mol. The van der Waals surface area contributed by atoms with Crippen LogP contribution in [-0.4, -0.2) is 26.0 Å². The van der Waals surface area contributed by atoms with E-state index in [1.807, 2.05) is 6.92 Å². The molecule has 0 spiro atoms. The summed E-state index contributed by atoms with van der Waals surface area (Å²) < 4.78 is 10.8. The molecule has 20 heavy (non-hydrogen) atoms. The van der Waals surface area contributed by atoms with Crippen LogP contribution in [0, 0.1) is 5.92 Å². The zero-order valence-corrected chi connectivity index (χ0v) is 13.9. The van der Waals surface area contributed by atoms with E-state index in [1.165, 1.54) is 44.9 Å². The van der Waals surface area contributed by atoms with E-state index in [9.17, 15) is 0 Å². The predicted molar refractivity (Wildman–Crippen MR) is 83.4 cm³/mol. The third kappa shape index (κ3) is 12.2. The summed E-state index contributed by atoms with van der Waals surface area (Å²) in [5.74, 6) is 0.0392. The molecule has 0 radical (unpaired) electrons. The van der Waals surface area contributed by atoms with Gasteiger partial charge in [0, 0.05) is 20.1 Å². The van der Waals surface area contributed by atoms with Gasteiger partial charge in [0.2, 0.25) is 0 Å². The first-order valence-corrected chi connectivity index (χ1v) is 7.49. The molecule has 122 valence electrons. The van der Waals surface area contributed by atoms with Gasteiger partial charge in [0.05, 0.1) is 0 Å². The van der Waals surface area contributed by atoms with Crippen LogP contribution >= 0.6 is 0 Å². The normalized spacial score (nSPS) is 12.4. The Bertz CT molecular complexity index is 227. The van der Waals surface area contributed by atoms with Crippen LogP contribution in [0.2, 0.25) is 0 Å². The summed E-state index contributed by atoms with van der Waals surface area (Å²) in [6, 6.07) is -0.833. The smallest absolute Gasteiger partial charge is 0.309 e. The van der Waals surface area contributed by atoms with Crippen LogP contribution in [0.3, 0.4) is 0 Å². The third-order valence-electron chi connectivity index (χ3n) is 3.70. The Hall–Kier alpha value is -0.810. The number of urea groups is 1. The molecule has 0 bridgehead atoms. The van der Waals surface area contributed by atoms with Crippen molar-refractivity contribution in [3.8, 4) is 0 Å². The van der Waals surface area contributed by atoms with E-state index in [-0.39, 0.29) is 0 Å². The van der Waals surface area contributed by atoms with Crippen molar-refractivity contribution < 1.29 is 14.3 Å². The van der Waals surface area contributed by atoms with Crippen molar-refractivity contribution in [3.63, 3.8) is 0 Å². The number of methoxy groups -OCH3 is 2. The van der Waals surface area contributed by atoms with Gasteiger partial charge in [-0.05, 0) is 13.3 Å². The molecule has 0 aliphatic heterocycles. The molecular weight excluding hydrogens is 256 g/mol. The Morgan fingerprint density at radius 3 is 1.85 bits per heavy atom. The Morgan fingerprint density at radius 1 is 1.05 bits per heavy atom. The summed E-state index contributed by atoms with van der Waals surface area (Å²) in [5.41, 5.74) is 8.50. The second-order valence-electron chi connectivity index (χ2n) is 5.28. The molecule has 0 heterocycles. The van der Waals surface area contributed by atoms with Crippen molar-refractivity contribution in [2.75, 3.05) is 14.2 Å². The van der Waals surface area contributed by atoms with E-state index in [0.29, 0.717) is 5.92 Å². The Balaban J connectivity index is 0. The largest absolute Gasteiger partial charge is 0.353 e. The van der Waals surface area contributed by atoms with Crippen LogP contribution in [0.1, 0.15) is 65.7 Å². The minimum Gasteiger partial charge on any atom is -0.353 e. The fraction of sp³-hybridized carbons (Fsp3) is 0.933. The quantitative estimate of drug-likeness (QED) is 0.477. The van der Waals surface area contributed by atoms with Gasteiger partial charge in [-0.1, -0.05) is 52.4 Å². The molecule has 0 aromatic heterocycles. The summed E-state index contributed by atoms with van der Waals surface area (Å²) in [6.45, 7) is 6.48. The van der Waals surface area contributed by atoms with Gasteiger partial charge in [-0.3, -0.25) is 0 Å². The maximum absolute atomic E-state index is 9.00. The summed E-state index contributed by atoms with van der Waals surface area (Å²) in [5, 5.41) is 0. The zero-order valence-electron chi connectivity index (χ0n) is 13.9. The first kappa shape index (κ1) is 21.5. The average Bonchev–Trinajstić information content (AvgIpc) is 2.40. The van der Waals surface area contributed by atoms with Crippen molar-refractivity contribution in [2.45, 2.75) is 71.5 Å². The predicted octanol–water partition coefficient (Wildman–Crippen LogP) is 3.41. The first-order valence-electron chi connectivity index (χ1n) is 7.49. The van der Waals surface area contributed by atoms with Crippen LogP contribution in [0.4, 0.5) is 4.79 Å². The average molecular weight is 290 g/mol. The van der Waals surface area contributed by atoms with E-state index in [4.69, 9.17) is 14.3 Å². The summed E-state index contributed by atoms with van der Waals surface area (Å²) in [6.07, 6.45) is 9.27. The molecule has 0 aromatic rings. The number of ether oxygens (including phenoxy) is 2. The van der Waals surface area contributed by atoms with E-state index in [1.54, 1.807) is 14.2 Å². The van der Waals surface area contributed by atoms with Gasteiger partial charge >= 0.3 is 6.03 Å². The number of primary amides is 2. The van der Waals surface area contributed by atoms with Gasteiger partial charge in [0.15, 0.2) is 5.79 Å². The molecule has 0 aliphatic carbocycles. The van der Waals surface area contributed by atoms with Crippen molar-refractivity contribution in [2.24, 2.45) is 17.4 Å². The van der Waals surface area contributed by atoms with Crippen molar-refractivity contribution in [1.82, 2.24) is 0 Å². The second-order valence-corrected chi connectivity index (χ2v) is 5.28. The maximum atomic E-state index is 9.00. The standard InChI is InChI=1S/C14H30O2.CH4N2O/c1-6-7-8-9-10-11-12-13(2)14(3,15-4)16-5;2-1(3)4/h13H,6-12H2,1-5H3;(H4,2,3,4). The van der Waals surface area contributed by atoms with Crippen molar-refractivity contribution in [1.29, 1.82) is 0 Å². The van der Waals surface area contributed by atoms with Crippen LogP contribution in [0.15, 0.2) is 0 Å². The van der Waals surface area contributed by atoms with Gasteiger partial charge < -0.3 is 20.9 Å².